The van der Waals surface area contributed by atoms with E-state index in [1.165, 1.54) is 0 Å². The molecule has 21 heavy (non-hydrogen) atoms. The fraction of sp³-hybridized carbons (Fsp3) is 0.250. The molecule has 0 radical (unpaired) electrons. The summed E-state index contributed by atoms with van der Waals surface area (Å²) in [5, 5.41) is 5.68. The number of benzene rings is 1. The van der Waals surface area contributed by atoms with Crippen molar-refractivity contribution in [1.29, 1.82) is 0 Å². The molecular formula is C16H16N2O2S. The summed E-state index contributed by atoms with van der Waals surface area (Å²) in [6, 6.07) is 7.40. The summed E-state index contributed by atoms with van der Waals surface area (Å²) in [4.78, 5) is 26.2. The van der Waals surface area contributed by atoms with Gasteiger partial charge in [-0.1, -0.05) is 6.07 Å². The van der Waals surface area contributed by atoms with E-state index in [0.29, 0.717) is 23.4 Å². The van der Waals surface area contributed by atoms with Crippen LogP contribution in [-0.4, -0.2) is 18.4 Å². The first-order valence-electron chi connectivity index (χ1n) is 6.84. The van der Waals surface area contributed by atoms with Crippen LogP contribution in [0.25, 0.3) is 0 Å². The van der Waals surface area contributed by atoms with Crippen LogP contribution in [0.3, 0.4) is 0 Å². The number of hydrogen-bond acceptors (Lipinski definition) is 3. The second-order valence-electron chi connectivity index (χ2n) is 5.16. The van der Waals surface area contributed by atoms with E-state index in [9.17, 15) is 9.59 Å². The summed E-state index contributed by atoms with van der Waals surface area (Å²) < 4.78 is 0. The molecule has 108 valence electrons. The van der Waals surface area contributed by atoms with Gasteiger partial charge in [-0.05, 0) is 44.0 Å². The minimum absolute atomic E-state index is 0.0742. The molecule has 1 aromatic carbocycles. The van der Waals surface area contributed by atoms with Crippen molar-refractivity contribution in [1.82, 2.24) is 5.32 Å². The number of nitrogens with one attached hydrogen (secondary N) is 2. The molecule has 5 heteroatoms. The Morgan fingerprint density at radius 3 is 2.81 bits per heavy atom. The molecule has 2 N–H and O–H groups in total. The smallest absolute Gasteiger partial charge is 0.256 e. The summed E-state index contributed by atoms with van der Waals surface area (Å²) in [5.41, 5.74) is 3.02. The van der Waals surface area contributed by atoms with Gasteiger partial charge in [0.25, 0.3) is 11.8 Å². The van der Waals surface area contributed by atoms with Crippen LogP contribution in [0.1, 0.15) is 36.0 Å². The molecule has 0 aliphatic carbocycles. The monoisotopic (exact) mass is 300 g/mol. The van der Waals surface area contributed by atoms with E-state index in [1.807, 2.05) is 32.0 Å². The zero-order valence-corrected chi connectivity index (χ0v) is 12.8. The van der Waals surface area contributed by atoms with E-state index in [1.54, 1.807) is 17.4 Å². The van der Waals surface area contributed by atoms with Gasteiger partial charge < -0.3 is 10.6 Å². The lowest BCUT2D eigenvalue weighted by molar-refractivity contribution is 0.0944. The quantitative estimate of drug-likeness (QED) is 0.896. The number of anilines is 1. The molecule has 0 saturated carbocycles. The molecule has 0 fully saturated rings. The molecule has 0 unspecified atom stereocenters. The number of fused-ring (bicyclic) bond motifs is 1. The molecule has 0 bridgehead atoms. The number of carbonyl (C=O) groups excluding carboxylic acids is 2. The molecule has 2 heterocycles. The lowest BCUT2D eigenvalue weighted by Crippen LogP contribution is -2.31. The highest BCUT2D eigenvalue weighted by molar-refractivity contribution is 7.12. The number of hydrogen-bond donors (Lipinski definition) is 2. The molecule has 0 spiro atoms. The van der Waals surface area contributed by atoms with Gasteiger partial charge in [0.1, 0.15) is 0 Å². The van der Waals surface area contributed by atoms with E-state index in [0.717, 1.165) is 21.7 Å². The summed E-state index contributed by atoms with van der Waals surface area (Å²) in [6.07, 6.45) is 0.831. The molecule has 1 aliphatic rings. The largest absolute Gasteiger partial charge is 0.352 e. The van der Waals surface area contributed by atoms with Gasteiger partial charge in [-0.3, -0.25) is 9.59 Å². The van der Waals surface area contributed by atoms with Gasteiger partial charge in [0.2, 0.25) is 0 Å². The summed E-state index contributed by atoms with van der Waals surface area (Å²) in [7, 11) is 0. The van der Waals surface area contributed by atoms with Crippen molar-refractivity contribution >= 4 is 28.8 Å². The van der Waals surface area contributed by atoms with Crippen LogP contribution >= 0.6 is 11.3 Å². The summed E-state index contributed by atoms with van der Waals surface area (Å²) >= 11 is 1.61. The Morgan fingerprint density at radius 2 is 2.10 bits per heavy atom. The fourth-order valence-electron chi connectivity index (χ4n) is 2.54. The second kappa shape index (κ2) is 5.33. The molecule has 3 rings (SSSR count). The number of thiophene rings is 1. The van der Waals surface area contributed by atoms with E-state index >= 15 is 0 Å². The van der Waals surface area contributed by atoms with Gasteiger partial charge in [0.05, 0.1) is 5.56 Å². The van der Waals surface area contributed by atoms with Crippen LogP contribution in [0.15, 0.2) is 24.3 Å². The van der Waals surface area contributed by atoms with Gasteiger partial charge in [-0.25, -0.2) is 0 Å². The van der Waals surface area contributed by atoms with Crippen molar-refractivity contribution in [2.75, 3.05) is 11.9 Å². The van der Waals surface area contributed by atoms with Crippen LogP contribution in [-0.2, 0) is 6.42 Å². The minimum Gasteiger partial charge on any atom is -0.352 e. The third-order valence-corrected chi connectivity index (χ3v) is 4.54. The zero-order chi connectivity index (χ0) is 15.0. The van der Waals surface area contributed by atoms with Crippen LogP contribution in [0.4, 0.5) is 5.69 Å². The first kappa shape index (κ1) is 13.8. The summed E-state index contributed by atoms with van der Waals surface area (Å²) in [5.74, 6) is -0.206. The van der Waals surface area contributed by atoms with Crippen molar-refractivity contribution in [2.24, 2.45) is 0 Å². The average Bonchev–Trinajstić information content (AvgIpc) is 2.79. The standard InChI is InChI=1S/C16H16N2O2S/c1-9-7-13(10(2)21-9)16(20)18-12-4-3-11-5-6-17-15(19)14(11)8-12/h3-4,7-8H,5-6H2,1-2H3,(H,17,19)(H,18,20). The highest BCUT2D eigenvalue weighted by Crippen LogP contribution is 2.23. The van der Waals surface area contributed by atoms with Gasteiger partial charge in [-0.15, -0.1) is 11.3 Å². The number of carbonyl (C=O) groups is 2. The maximum atomic E-state index is 12.3. The molecule has 1 aromatic heterocycles. The molecular weight excluding hydrogens is 284 g/mol. The topological polar surface area (TPSA) is 58.2 Å². The molecule has 4 nitrogen and oxygen atoms in total. The molecule has 2 aromatic rings. The number of rotatable bonds is 2. The Kier molecular flexibility index (Phi) is 3.51. The number of aryl methyl sites for hydroxylation is 2. The predicted molar refractivity (Wildman–Crippen MR) is 84.2 cm³/mol. The zero-order valence-electron chi connectivity index (χ0n) is 11.9. The second-order valence-corrected chi connectivity index (χ2v) is 6.62. The van der Waals surface area contributed by atoms with Gasteiger partial charge in [-0.2, -0.15) is 0 Å². The first-order valence-corrected chi connectivity index (χ1v) is 7.66. The Balaban J connectivity index is 1.85. The highest BCUT2D eigenvalue weighted by Gasteiger charge is 2.18. The van der Waals surface area contributed by atoms with Crippen LogP contribution < -0.4 is 10.6 Å². The Morgan fingerprint density at radius 1 is 1.29 bits per heavy atom. The molecule has 0 atom stereocenters. The maximum absolute atomic E-state index is 12.3. The van der Waals surface area contributed by atoms with Gasteiger partial charge in [0.15, 0.2) is 0 Å². The van der Waals surface area contributed by atoms with Gasteiger partial charge in [0, 0.05) is 27.5 Å². The summed E-state index contributed by atoms with van der Waals surface area (Å²) in [6.45, 7) is 4.59. The average molecular weight is 300 g/mol. The normalized spacial score (nSPS) is 13.5. The van der Waals surface area contributed by atoms with Crippen LogP contribution in [0, 0.1) is 13.8 Å². The van der Waals surface area contributed by atoms with Crippen molar-refractivity contribution in [3.63, 3.8) is 0 Å². The number of amides is 2. The highest BCUT2D eigenvalue weighted by atomic mass is 32.1. The lowest BCUT2D eigenvalue weighted by Gasteiger charge is -2.17. The van der Waals surface area contributed by atoms with E-state index in [4.69, 9.17) is 0 Å². The van der Waals surface area contributed by atoms with Crippen LogP contribution in [0.2, 0.25) is 0 Å². The van der Waals surface area contributed by atoms with E-state index in [2.05, 4.69) is 10.6 Å². The van der Waals surface area contributed by atoms with Crippen LogP contribution in [0.5, 0.6) is 0 Å². The third-order valence-electron chi connectivity index (χ3n) is 3.58. The molecule has 1 aliphatic heterocycles. The predicted octanol–water partition coefficient (Wildman–Crippen LogP) is 2.90. The SMILES string of the molecule is Cc1cc(C(=O)Nc2ccc3c(c2)C(=O)NCC3)c(C)s1. The Hall–Kier alpha value is -2.14. The molecule has 2 amide bonds. The van der Waals surface area contributed by atoms with Crippen molar-refractivity contribution in [3.8, 4) is 0 Å². The molecule has 0 saturated heterocycles. The van der Waals surface area contributed by atoms with Crippen molar-refractivity contribution in [3.05, 3.63) is 50.7 Å². The lowest BCUT2D eigenvalue weighted by atomic mass is 10.00. The van der Waals surface area contributed by atoms with Crippen molar-refractivity contribution in [2.45, 2.75) is 20.3 Å². The fourth-order valence-corrected chi connectivity index (χ4v) is 3.47. The first-order chi connectivity index (χ1) is 10.0. The minimum atomic E-state index is -0.131. The Bertz CT molecular complexity index is 734. The van der Waals surface area contributed by atoms with Crippen molar-refractivity contribution < 1.29 is 9.59 Å². The third kappa shape index (κ3) is 2.69. The Labute approximate surface area is 127 Å². The van der Waals surface area contributed by atoms with E-state index in [-0.39, 0.29) is 11.8 Å². The van der Waals surface area contributed by atoms with Gasteiger partial charge >= 0.3 is 0 Å². The maximum Gasteiger partial charge on any atom is 0.256 e. The van der Waals surface area contributed by atoms with E-state index < -0.39 is 0 Å².